The van der Waals surface area contributed by atoms with Gasteiger partial charge in [-0.3, -0.25) is 5.32 Å². The number of nitrogens with one attached hydrogen (secondary N) is 1. The van der Waals surface area contributed by atoms with Crippen LogP contribution in [-0.2, 0) is 4.79 Å². The highest BCUT2D eigenvalue weighted by atomic mass is 32.1. The molecule has 9 heteroatoms. The predicted octanol–water partition coefficient (Wildman–Crippen LogP) is 0.260. The van der Waals surface area contributed by atoms with E-state index in [9.17, 15) is 9.59 Å². The minimum atomic E-state index is -1.05. The maximum atomic E-state index is 11.6. The molecule has 2 N–H and O–H groups in total. The van der Waals surface area contributed by atoms with Gasteiger partial charge in [0.05, 0.1) is 0 Å². The van der Waals surface area contributed by atoms with Gasteiger partial charge in [0.15, 0.2) is 0 Å². The first-order valence-electron chi connectivity index (χ1n) is 4.48. The van der Waals surface area contributed by atoms with Gasteiger partial charge in [-0.1, -0.05) is 16.5 Å². The molecule has 1 unspecified atom stereocenters. The van der Waals surface area contributed by atoms with Crippen molar-refractivity contribution in [3.63, 3.8) is 0 Å². The second-order valence-corrected chi connectivity index (χ2v) is 3.70. The zero-order valence-electron chi connectivity index (χ0n) is 8.75. The third kappa shape index (κ3) is 2.86. The first-order valence-corrected chi connectivity index (χ1v) is 5.25. The van der Waals surface area contributed by atoms with Crippen LogP contribution in [0.1, 0.15) is 13.3 Å². The zero-order valence-corrected chi connectivity index (χ0v) is 9.56. The van der Waals surface area contributed by atoms with E-state index in [0.717, 1.165) is 16.4 Å². The van der Waals surface area contributed by atoms with Crippen LogP contribution in [0.3, 0.4) is 0 Å². The number of carboxylic acids is 1. The Bertz CT molecular complexity index is 368. The lowest BCUT2D eigenvalue weighted by Crippen LogP contribution is -2.44. The molecule has 1 rings (SSSR count). The molecule has 0 aromatic carbocycles. The summed E-state index contributed by atoms with van der Waals surface area (Å²) in [6.45, 7) is 1.69. The molecule has 0 fully saturated rings. The number of carbonyl (C=O) groups is 2. The molecule has 88 valence electrons. The number of urea groups is 1. The molecule has 0 aliphatic rings. The number of carbonyl (C=O) groups excluding carboxylic acids is 1. The maximum absolute atomic E-state index is 11.6. The lowest BCUT2D eigenvalue weighted by Gasteiger charge is -2.23. The second kappa shape index (κ2) is 5.35. The van der Waals surface area contributed by atoms with Crippen molar-refractivity contribution in [2.45, 2.75) is 19.4 Å². The van der Waals surface area contributed by atoms with Crippen molar-refractivity contribution in [3.8, 4) is 0 Å². The molecule has 0 aliphatic carbocycles. The largest absolute Gasteiger partial charge is 0.480 e. The zero-order chi connectivity index (χ0) is 12.1. The summed E-state index contributed by atoms with van der Waals surface area (Å²) in [5, 5.41) is 18.3. The number of carboxylic acid groups (broad SMARTS) is 1. The lowest BCUT2D eigenvalue weighted by molar-refractivity contribution is -0.141. The van der Waals surface area contributed by atoms with Crippen molar-refractivity contribution in [2.24, 2.45) is 0 Å². The van der Waals surface area contributed by atoms with E-state index in [-0.39, 0.29) is 5.13 Å². The third-order valence-electron chi connectivity index (χ3n) is 1.97. The summed E-state index contributed by atoms with van der Waals surface area (Å²) in [7, 11) is 1.41. The predicted molar refractivity (Wildman–Crippen MR) is 56.2 cm³/mol. The lowest BCUT2D eigenvalue weighted by atomic mass is 10.2. The topological polar surface area (TPSA) is 108 Å². The Hall–Kier alpha value is -1.77. The monoisotopic (exact) mass is 245 g/mol. The molecule has 0 saturated heterocycles. The SMILES string of the molecule is CCC(C(=O)O)N(C)C(=O)Nc1nnns1. The normalized spacial score (nSPS) is 11.9. The Morgan fingerprint density at radius 3 is 2.75 bits per heavy atom. The van der Waals surface area contributed by atoms with Crippen molar-refractivity contribution in [1.29, 1.82) is 0 Å². The highest BCUT2D eigenvalue weighted by Crippen LogP contribution is 2.08. The molecule has 1 aromatic rings. The van der Waals surface area contributed by atoms with Gasteiger partial charge >= 0.3 is 12.0 Å². The van der Waals surface area contributed by atoms with Crippen molar-refractivity contribution >= 4 is 28.7 Å². The van der Waals surface area contributed by atoms with Crippen molar-refractivity contribution in [1.82, 2.24) is 19.7 Å². The Morgan fingerprint density at radius 2 is 2.31 bits per heavy atom. The fourth-order valence-corrected chi connectivity index (χ4v) is 1.47. The van der Waals surface area contributed by atoms with Crippen molar-refractivity contribution < 1.29 is 14.7 Å². The molecule has 0 aliphatic heterocycles. The first kappa shape index (κ1) is 12.3. The summed E-state index contributed by atoms with van der Waals surface area (Å²) in [6.07, 6.45) is 0.327. The van der Waals surface area contributed by atoms with Crippen LogP contribution in [0.5, 0.6) is 0 Å². The van der Waals surface area contributed by atoms with E-state index < -0.39 is 18.0 Å². The summed E-state index contributed by atoms with van der Waals surface area (Å²) in [4.78, 5) is 23.5. The summed E-state index contributed by atoms with van der Waals surface area (Å²) in [5.74, 6) is -1.05. The van der Waals surface area contributed by atoms with Gasteiger partial charge in [0.1, 0.15) is 6.04 Å². The summed E-state index contributed by atoms with van der Waals surface area (Å²) in [6, 6.07) is -1.41. The van der Waals surface area contributed by atoms with Gasteiger partial charge in [0.25, 0.3) is 0 Å². The fraction of sp³-hybridized carbons (Fsp3) is 0.571. The smallest absolute Gasteiger partial charge is 0.326 e. The first-order chi connectivity index (χ1) is 7.56. The van der Waals surface area contributed by atoms with E-state index in [1.807, 2.05) is 0 Å². The van der Waals surface area contributed by atoms with Gasteiger partial charge < -0.3 is 10.0 Å². The second-order valence-electron chi connectivity index (χ2n) is 2.97. The van der Waals surface area contributed by atoms with Crippen molar-refractivity contribution in [3.05, 3.63) is 0 Å². The molecule has 1 atom stereocenters. The molecule has 0 bridgehead atoms. The number of anilines is 1. The molecular weight excluding hydrogens is 234 g/mol. The quantitative estimate of drug-likeness (QED) is 0.787. The molecule has 1 aromatic heterocycles. The standard InChI is InChI=1S/C7H11N5O3S/c1-3-4(5(13)14)12(2)7(15)8-6-9-10-11-16-6/h4H,3H2,1-2H3,(H,13,14)(H,8,9,11,15). The van der Waals surface area contributed by atoms with E-state index >= 15 is 0 Å². The molecular formula is C7H11N5O3S. The minimum absolute atomic E-state index is 0.233. The average molecular weight is 245 g/mol. The minimum Gasteiger partial charge on any atom is -0.480 e. The van der Waals surface area contributed by atoms with Crippen LogP contribution in [0, 0.1) is 0 Å². The molecule has 16 heavy (non-hydrogen) atoms. The van der Waals surface area contributed by atoms with Crippen LogP contribution < -0.4 is 5.32 Å². The van der Waals surface area contributed by atoms with Crippen LogP contribution in [0.2, 0.25) is 0 Å². The van der Waals surface area contributed by atoms with E-state index in [1.165, 1.54) is 7.05 Å². The van der Waals surface area contributed by atoms with Gasteiger partial charge in [-0.15, -0.1) is 0 Å². The maximum Gasteiger partial charge on any atom is 0.326 e. The fourth-order valence-electron chi connectivity index (χ4n) is 1.12. The van der Waals surface area contributed by atoms with Gasteiger partial charge in [0.2, 0.25) is 5.13 Å². The van der Waals surface area contributed by atoms with E-state index in [4.69, 9.17) is 5.11 Å². The number of hydrogen-bond donors (Lipinski definition) is 2. The summed E-state index contributed by atoms with van der Waals surface area (Å²) in [5.41, 5.74) is 0. The van der Waals surface area contributed by atoms with Gasteiger partial charge in [-0.05, 0) is 11.6 Å². The van der Waals surface area contributed by atoms with E-state index in [2.05, 4.69) is 20.1 Å². The van der Waals surface area contributed by atoms with Crippen LogP contribution >= 0.6 is 11.5 Å². The molecule has 0 radical (unpaired) electrons. The number of rotatable bonds is 4. The van der Waals surface area contributed by atoms with Gasteiger partial charge in [0, 0.05) is 18.6 Å². The number of aliphatic carboxylic acids is 1. The number of amides is 2. The Kier molecular flexibility index (Phi) is 4.11. The number of likely N-dealkylation sites (N-methyl/N-ethyl adjacent to an activating group) is 1. The summed E-state index contributed by atoms with van der Waals surface area (Å²) < 4.78 is 3.47. The van der Waals surface area contributed by atoms with Gasteiger partial charge in [-0.2, -0.15) is 0 Å². The van der Waals surface area contributed by atoms with Crippen LogP contribution in [-0.4, -0.2) is 49.9 Å². The highest BCUT2D eigenvalue weighted by molar-refractivity contribution is 7.09. The Labute approximate surface area is 95.4 Å². The molecule has 2 amide bonds. The van der Waals surface area contributed by atoms with E-state index in [1.54, 1.807) is 6.92 Å². The number of hydrogen-bond acceptors (Lipinski definition) is 6. The average Bonchev–Trinajstić information content (AvgIpc) is 2.70. The molecule has 0 saturated carbocycles. The summed E-state index contributed by atoms with van der Waals surface area (Å²) >= 11 is 0.918. The van der Waals surface area contributed by atoms with Crippen LogP contribution in [0.4, 0.5) is 9.93 Å². The van der Waals surface area contributed by atoms with E-state index in [0.29, 0.717) is 6.42 Å². The molecule has 0 spiro atoms. The Balaban J connectivity index is 2.62. The number of nitrogens with zero attached hydrogens (tertiary/aromatic N) is 4. The molecule has 8 nitrogen and oxygen atoms in total. The number of aromatic nitrogens is 3. The van der Waals surface area contributed by atoms with Gasteiger partial charge in [-0.25, -0.2) is 9.59 Å². The third-order valence-corrected chi connectivity index (χ3v) is 2.48. The Morgan fingerprint density at radius 1 is 1.62 bits per heavy atom. The van der Waals surface area contributed by atoms with Crippen molar-refractivity contribution in [2.75, 3.05) is 12.4 Å². The highest BCUT2D eigenvalue weighted by Gasteiger charge is 2.25. The van der Waals surface area contributed by atoms with Crippen LogP contribution in [0.15, 0.2) is 0 Å². The molecule has 1 heterocycles. The van der Waals surface area contributed by atoms with Crippen LogP contribution in [0.25, 0.3) is 0 Å².